The summed E-state index contributed by atoms with van der Waals surface area (Å²) in [5.41, 5.74) is 1.22. The summed E-state index contributed by atoms with van der Waals surface area (Å²) in [7, 11) is 0. The Morgan fingerprint density at radius 2 is 2.12 bits per heavy atom. The molecule has 1 N–H and O–H groups in total. The lowest BCUT2D eigenvalue weighted by Gasteiger charge is -2.35. The number of carboxylic acids is 1. The van der Waals surface area contributed by atoms with Crippen molar-refractivity contribution < 1.29 is 9.90 Å². The predicted octanol–water partition coefficient (Wildman–Crippen LogP) is 2.53. The molecule has 1 aliphatic carbocycles. The van der Waals surface area contributed by atoms with E-state index in [1.807, 2.05) is 0 Å². The number of carboxylic acid groups (broad SMARTS) is 1. The molecule has 0 saturated heterocycles. The van der Waals surface area contributed by atoms with E-state index in [-0.39, 0.29) is 5.92 Å². The van der Waals surface area contributed by atoms with Gasteiger partial charge in [0.2, 0.25) is 0 Å². The Morgan fingerprint density at radius 3 is 2.71 bits per heavy atom. The molecule has 1 unspecified atom stereocenters. The third-order valence-corrected chi connectivity index (χ3v) is 4.25. The summed E-state index contributed by atoms with van der Waals surface area (Å²) >= 11 is 0. The second kappa shape index (κ2) is 5.67. The Hall–Kier alpha value is -0.830. The van der Waals surface area contributed by atoms with Crippen LogP contribution in [-0.2, 0) is 4.79 Å². The molecule has 0 radical (unpaired) electrons. The van der Waals surface area contributed by atoms with Crippen molar-refractivity contribution in [3.05, 3.63) is 11.6 Å². The molecule has 3 heteroatoms. The minimum Gasteiger partial charge on any atom is -0.481 e. The maximum absolute atomic E-state index is 11.4. The van der Waals surface area contributed by atoms with Gasteiger partial charge in [0.15, 0.2) is 0 Å². The van der Waals surface area contributed by atoms with Gasteiger partial charge in [-0.3, -0.25) is 9.69 Å². The van der Waals surface area contributed by atoms with Crippen LogP contribution in [0.1, 0.15) is 39.0 Å². The van der Waals surface area contributed by atoms with Crippen LogP contribution >= 0.6 is 0 Å². The zero-order chi connectivity index (χ0) is 12.3. The van der Waals surface area contributed by atoms with Gasteiger partial charge in [0.05, 0.1) is 5.92 Å². The Morgan fingerprint density at radius 1 is 1.41 bits per heavy atom. The fourth-order valence-electron chi connectivity index (χ4n) is 3.18. The van der Waals surface area contributed by atoms with Crippen molar-refractivity contribution in [1.82, 2.24) is 4.90 Å². The van der Waals surface area contributed by atoms with Crippen LogP contribution in [0.3, 0.4) is 0 Å². The van der Waals surface area contributed by atoms with Crippen molar-refractivity contribution in [2.75, 3.05) is 19.6 Å². The number of aliphatic carboxylic acids is 1. The molecule has 2 aliphatic rings. The van der Waals surface area contributed by atoms with Gasteiger partial charge in [0, 0.05) is 13.1 Å². The van der Waals surface area contributed by atoms with Gasteiger partial charge in [0.1, 0.15) is 0 Å². The Balaban J connectivity index is 2.11. The molecule has 0 amide bonds. The van der Waals surface area contributed by atoms with Gasteiger partial charge in [-0.05, 0) is 25.3 Å². The van der Waals surface area contributed by atoms with E-state index in [9.17, 15) is 9.90 Å². The predicted molar refractivity (Wildman–Crippen MR) is 67.9 cm³/mol. The second-order valence-electron chi connectivity index (χ2n) is 5.28. The van der Waals surface area contributed by atoms with Crippen LogP contribution in [0.2, 0.25) is 0 Å². The lowest BCUT2D eigenvalue weighted by Crippen LogP contribution is -2.40. The van der Waals surface area contributed by atoms with Gasteiger partial charge in [-0.25, -0.2) is 0 Å². The molecule has 0 bridgehead atoms. The highest BCUT2D eigenvalue weighted by Crippen LogP contribution is 2.35. The van der Waals surface area contributed by atoms with Gasteiger partial charge >= 0.3 is 5.97 Å². The van der Waals surface area contributed by atoms with Crippen LogP contribution in [0.4, 0.5) is 0 Å². The van der Waals surface area contributed by atoms with Crippen molar-refractivity contribution in [1.29, 1.82) is 0 Å². The van der Waals surface area contributed by atoms with E-state index in [0.717, 1.165) is 13.1 Å². The van der Waals surface area contributed by atoms with Crippen LogP contribution in [-0.4, -0.2) is 35.6 Å². The molecule has 0 spiro atoms. The van der Waals surface area contributed by atoms with Crippen molar-refractivity contribution in [3.63, 3.8) is 0 Å². The normalized spacial score (nSPS) is 27.8. The minimum absolute atomic E-state index is 0.258. The molecular formula is C14H23NO2. The summed E-state index contributed by atoms with van der Waals surface area (Å²) in [4.78, 5) is 13.6. The van der Waals surface area contributed by atoms with Gasteiger partial charge in [-0.1, -0.05) is 37.8 Å². The number of carbonyl (C=O) groups is 1. The summed E-state index contributed by atoms with van der Waals surface area (Å²) < 4.78 is 0. The molecular weight excluding hydrogens is 214 g/mol. The third-order valence-electron chi connectivity index (χ3n) is 4.25. The standard InChI is InChI=1S/C14H23NO2/c1-2-15-9-8-12(13(10-15)14(16)17)11-6-4-3-5-7-11/h8,11,13H,2-7,9-10H2,1H3,(H,16,17). The highest BCUT2D eigenvalue weighted by Gasteiger charge is 2.32. The molecule has 0 aromatic rings. The lowest BCUT2D eigenvalue weighted by atomic mass is 9.77. The van der Waals surface area contributed by atoms with Crippen LogP contribution in [0.5, 0.6) is 0 Å². The first-order valence-corrected chi connectivity index (χ1v) is 6.87. The summed E-state index contributed by atoms with van der Waals surface area (Å²) in [6, 6.07) is 0. The molecule has 1 aliphatic heterocycles. The topological polar surface area (TPSA) is 40.5 Å². The van der Waals surface area contributed by atoms with Crippen molar-refractivity contribution in [2.45, 2.75) is 39.0 Å². The van der Waals surface area contributed by atoms with E-state index in [1.165, 1.54) is 37.7 Å². The van der Waals surface area contributed by atoms with Crippen molar-refractivity contribution in [3.8, 4) is 0 Å². The van der Waals surface area contributed by atoms with E-state index in [1.54, 1.807) is 0 Å². The Bertz CT molecular complexity index is 305. The molecule has 1 atom stereocenters. The van der Waals surface area contributed by atoms with Gasteiger partial charge < -0.3 is 5.11 Å². The number of nitrogens with zero attached hydrogens (tertiary/aromatic N) is 1. The highest BCUT2D eigenvalue weighted by molar-refractivity contribution is 5.74. The SMILES string of the molecule is CCN1CC=C(C2CCCCC2)C(C(=O)O)C1. The molecule has 2 rings (SSSR count). The van der Waals surface area contributed by atoms with E-state index in [0.29, 0.717) is 12.5 Å². The summed E-state index contributed by atoms with van der Waals surface area (Å²) in [5, 5.41) is 9.39. The van der Waals surface area contributed by atoms with Gasteiger partial charge in [-0.2, -0.15) is 0 Å². The van der Waals surface area contributed by atoms with E-state index < -0.39 is 5.97 Å². The third kappa shape index (κ3) is 2.89. The maximum Gasteiger partial charge on any atom is 0.311 e. The monoisotopic (exact) mass is 237 g/mol. The molecule has 0 aromatic heterocycles. The largest absolute Gasteiger partial charge is 0.481 e. The molecule has 1 heterocycles. The van der Waals surface area contributed by atoms with Crippen molar-refractivity contribution >= 4 is 5.97 Å². The highest BCUT2D eigenvalue weighted by atomic mass is 16.4. The van der Waals surface area contributed by atoms with Crippen LogP contribution in [0, 0.1) is 11.8 Å². The second-order valence-corrected chi connectivity index (χ2v) is 5.28. The fraction of sp³-hybridized carbons (Fsp3) is 0.786. The minimum atomic E-state index is -0.639. The first kappa shape index (κ1) is 12.6. The lowest BCUT2D eigenvalue weighted by molar-refractivity contribution is -0.141. The summed E-state index contributed by atoms with van der Waals surface area (Å²) in [5.74, 6) is -0.351. The number of hydrogen-bond acceptors (Lipinski definition) is 2. The number of likely N-dealkylation sites (N-methyl/N-ethyl adjacent to an activating group) is 1. The summed E-state index contributed by atoms with van der Waals surface area (Å²) in [6.07, 6.45) is 8.45. The van der Waals surface area contributed by atoms with Gasteiger partial charge in [0.25, 0.3) is 0 Å². The number of rotatable bonds is 3. The summed E-state index contributed by atoms with van der Waals surface area (Å²) in [6.45, 7) is 4.68. The first-order chi connectivity index (χ1) is 8.22. The molecule has 1 saturated carbocycles. The molecule has 0 aromatic carbocycles. The maximum atomic E-state index is 11.4. The molecule has 3 nitrogen and oxygen atoms in total. The van der Waals surface area contributed by atoms with E-state index in [2.05, 4.69) is 17.9 Å². The zero-order valence-electron chi connectivity index (χ0n) is 10.7. The zero-order valence-corrected chi connectivity index (χ0v) is 10.7. The smallest absolute Gasteiger partial charge is 0.311 e. The Labute approximate surface area is 103 Å². The Kier molecular flexibility index (Phi) is 4.21. The molecule has 96 valence electrons. The quantitative estimate of drug-likeness (QED) is 0.767. The first-order valence-electron chi connectivity index (χ1n) is 6.87. The van der Waals surface area contributed by atoms with Crippen LogP contribution in [0.15, 0.2) is 11.6 Å². The van der Waals surface area contributed by atoms with Crippen LogP contribution < -0.4 is 0 Å². The molecule has 17 heavy (non-hydrogen) atoms. The fourth-order valence-corrected chi connectivity index (χ4v) is 3.18. The van der Waals surface area contributed by atoms with Gasteiger partial charge in [-0.15, -0.1) is 0 Å². The molecule has 1 fully saturated rings. The average molecular weight is 237 g/mol. The number of hydrogen-bond donors (Lipinski definition) is 1. The van der Waals surface area contributed by atoms with E-state index in [4.69, 9.17) is 0 Å². The van der Waals surface area contributed by atoms with E-state index >= 15 is 0 Å². The van der Waals surface area contributed by atoms with Crippen molar-refractivity contribution in [2.24, 2.45) is 11.8 Å². The average Bonchev–Trinajstić information content (AvgIpc) is 2.39. The van der Waals surface area contributed by atoms with Crippen LogP contribution in [0.25, 0.3) is 0 Å².